The maximum absolute atomic E-state index is 12.0. The highest BCUT2D eigenvalue weighted by Crippen LogP contribution is 2.32. The number of H-pyrrole nitrogens is 1. The smallest absolute Gasteiger partial charge is 0.234 e. The highest BCUT2D eigenvalue weighted by molar-refractivity contribution is 7.99. The van der Waals surface area contributed by atoms with E-state index < -0.39 is 0 Å². The number of aryl methyl sites for hydroxylation is 1. The van der Waals surface area contributed by atoms with Crippen molar-refractivity contribution in [2.75, 3.05) is 23.3 Å². The van der Waals surface area contributed by atoms with Crippen LogP contribution in [0.25, 0.3) is 0 Å². The number of benzene rings is 1. The van der Waals surface area contributed by atoms with Gasteiger partial charge in [-0.2, -0.15) is 20.1 Å². The van der Waals surface area contributed by atoms with Crippen molar-refractivity contribution in [1.29, 1.82) is 0 Å². The highest BCUT2D eigenvalue weighted by atomic mass is 32.2. The Hall–Kier alpha value is -2.94. The largest absolute Gasteiger partial charge is 0.341 e. The summed E-state index contributed by atoms with van der Waals surface area (Å²) in [4.78, 5) is 29.0. The minimum atomic E-state index is 0.294. The van der Waals surface area contributed by atoms with Crippen molar-refractivity contribution in [2.45, 2.75) is 50.1 Å². The molecule has 0 spiro atoms. The van der Waals surface area contributed by atoms with Gasteiger partial charge >= 0.3 is 0 Å². The summed E-state index contributed by atoms with van der Waals surface area (Å²) in [6.45, 7) is 7.69. The second-order valence-electron chi connectivity index (χ2n) is 7.64. The van der Waals surface area contributed by atoms with Gasteiger partial charge in [-0.15, -0.1) is 0 Å². The summed E-state index contributed by atoms with van der Waals surface area (Å²) in [6.07, 6.45) is 2.62. The first-order valence-corrected chi connectivity index (χ1v) is 11.4. The van der Waals surface area contributed by atoms with Crippen molar-refractivity contribution in [2.24, 2.45) is 5.92 Å². The standard InChI is InChI=1S/C22H27N7OS/c1-4-29(5-2)21-24-20(23-19-12-14(3)27-28-19)25-22(26-21)31-17-10-6-15(7-11-17)13-18(30)16-8-9-16/h6-7,10-12,16H,4-5,8-9,13H2,1-3H3,(H2,23,24,25,26,27,28). The number of rotatable bonds is 10. The van der Waals surface area contributed by atoms with Crippen molar-refractivity contribution < 1.29 is 4.79 Å². The predicted octanol–water partition coefficient (Wildman–Crippen LogP) is 4.17. The zero-order valence-electron chi connectivity index (χ0n) is 18.1. The quantitative estimate of drug-likeness (QED) is 0.488. The molecule has 1 fully saturated rings. The minimum absolute atomic E-state index is 0.294. The first-order chi connectivity index (χ1) is 15.0. The second kappa shape index (κ2) is 9.47. The normalized spacial score (nSPS) is 13.3. The van der Waals surface area contributed by atoms with Crippen LogP contribution in [0.1, 0.15) is 37.9 Å². The number of carbonyl (C=O) groups is 1. The van der Waals surface area contributed by atoms with Crippen molar-refractivity contribution in [3.8, 4) is 0 Å². The lowest BCUT2D eigenvalue weighted by molar-refractivity contribution is -0.119. The maximum Gasteiger partial charge on any atom is 0.234 e. The van der Waals surface area contributed by atoms with E-state index in [4.69, 9.17) is 0 Å². The molecule has 0 saturated heterocycles. The zero-order valence-corrected chi connectivity index (χ0v) is 18.9. The fourth-order valence-electron chi connectivity index (χ4n) is 3.22. The van der Waals surface area contributed by atoms with Crippen LogP contribution in [0, 0.1) is 12.8 Å². The molecule has 0 aliphatic heterocycles. The third kappa shape index (κ3) is 5.61. The molecule has 0 unspecified atom stereocenters. The molecule has 0 radical (unpaired) electrons. The van der Waals surface area contributed by atoms with Crippen molar-refractivity contribution in [3.05, 3.63) is 41.6 Å². The molecular weight excluding hydrogens is 410 g/mol. The van der Waals surface area contributed by atoms with Gasteiger partial charge in [0.25, 0.3) is 0 Å². The molecule has 1 saturated carbocycles. The summed E-state index contributed by atoms with van der Waals surface area (Å²) in [6, 6.07) is 9.97. The van der Waals surface area contributed by atoms with Gasteiger partial charge in [-0.3, -0.25) is 9.89 Å². The molecule has 3 aromatic rings. The molecule has 162 valence electrons. The van der Waals surface area contributed by atoms with Crippen molar-refractivity contribution in [1.82, 2.24) is 25.1 Å². The van der Waals surface area contributed by atoms with Crippen LogP contribution in [0.2, 0.25) is 0 Å². The summed E-state index contributed by atoms with van der Waals surface area (Å²) in [5, 5.41) is 10.9. The van der Waals surface area contributed by atoms with E-state index in [0.29, 0.717) is 41.0 Å². The SMILES string of the molecule is CCN(CC)c1nc(Nc2cc(C)[nH]n2)nc(Sc2ccc(CC(=O)C3CC3)cc2)n1. The van der Waals surface area contributed by atoms with E-state index in [1.54, 1.807) is 0 Å². The van der Waals surface area contributed by atoms with Crippen molar-refractivity contribution >= 4 is 35.3 Å². The highest BCUT2D eigenvalue weighted by Gasteiger charge is 2.29. The fourth-order valence-corrected chi connectivity index (χ4v) is 3.97. The third-order valence-corrected chi connectivity index (χ3v) is 6.01. The predicted molar refractivity (Wildman–Crippen MR) is 122 cm³/mol. The Morgan fingerprint density at radius 3 is 2.52 bits per heavy atom. The van der Waals surface area contributed by atoms with Crippen LogP contribution in [-0.2, 0) is 11.2 Å². The number of anilines is 3. The molecule has 4 rings (SSSR count). The second-order valence-corrected chi connectivity index (χ2v) is 8.68. The van der Waals surface area contributed by atoms with Gasteiger partial charge in [0.1, 0.15) is 5.78 Å². The Kier molecular flexibility index (Phi) is 6.50. The van der Waals surface area contributed by atoms with Gasteiger partial charge in [-0.25, -0.2) is 0 Å². The lowest BCUT2D eigenvalue weighted by Gasteiger charge is -2.19. The average molecular weight is 438 g/mol. The molecule has 8 nitrogen and oxygen atoms in total. The van der Waals surface area contributed by atoms with Crippen LogP contribution in [0.3, 0.4) is 0 Å². The topological polar surface area (TPSA) is 99.7 Å². The molecule has 1 aliphatic carbocycles. The van der Waals surface area contributed by atoms with Crippen LogP contribution < -0.4 is 10.2 Å². The Labute approximate surface area is 186 Å². The molecule has 2 aromatic heterocycles. The number of nitrogens with one attached hydrogen (secondary N) is 2. The summed E-state index contributed by atoms with van der Waals surface area (Å²) in [7, 11) is 0. The van der Waals surface area contributed by atoms with Crippen molar-refractivity contribution in [3.63, 3.8) is 0 Å². The van der Waals surface area contributed by atoms with Crippen LogP contribution in [0.5, 0.6) is 0 Å². The maximum atomic E-state index is 12.0. The molecular formula is C22H27N7OS. The van der Waals surface area contributed by atoms with Gasteiger partial charge in [0, 0.05) is 42.1 Å². The number of nitrogens with zero attached hydrogens (tertiary/aromatic N) is 5. The minimum Gasteiger partial charge on any atom is -0.341 e. The number of aromatic nitrogens is 5. The average Bonchev–Trinajstić information content (AvgIpc) is 3.53. The molecule has 0 amide bonds. The number of Topliss-reactive ketones (excluding diaryl/α,β-unsaturated/α-hetero) is 1. The number of aromatic amines is 1. The van der Waals surface area contributed by atoms with E-state index >= 15 is 0 Å². The van der Waals surface area contributed by atoms with Crippen LogP contribution in [0.4, 0.5) is 17.7 Å². The summed E-state index contributed by atoms with van der Waals surface area (Å²) < 4.78 is 0. The molecule has 1 aliphatic rings. The summed E-state index contributed by atoms with van der Waals surface area (Å²) >= 11 is 1.47. The number of hydrogen-bond donors (Lipinski definition) is 2. The zero-order chi connectivity index (χ0) is 21.8. The lowest BCUT2D eigenvalue weighted by Crippen LogP contribution is -2.25. The molecule has 31 heavy (non-hydrogen) atoms. The van der Waals surface area contributed by atoms with E-state index in [2.05, 4.69) is 49.2 Å². The number of hydrogen-bond acceptors (Lipinski definition) is 8. The Morgan fingerprint density at radius 2 is 1.90 bits per heavy atom. The van der Waals surface area contributed by atoms with E-state index in [-0.39, 0.29) is 0 Å². The van der Waals surface area contributed by atoms with Gasteiger partial charge in [-0.1, -0.05) is 12.1 Å². The van der Waals surface area contributed by atoms with Crippen LogP contribution >= 0.6 is 11.8 Å². The first kappa shape index (κ1) is 21.3. The summed E-state index contributed by atoms with van der Waals surface area (Å²) in [5.74, 6) is 2.39. The Balaban J connectivity index is 1.53. The van der Waals surface area contributed by atoms with Crippen LogP contribution in [-0.4, -0.2) is 44.0 Å². The molecule has 0 atom stereocenters. The Morgan fingerprint density at radius 1 is 1.16 bits per heavy atom. The van der Waals surface area contributed by atoms with Gasteiger partial charge in [0.05, 0.1) is 0 Å². The van der Waals surface area contributed by atoms with E-state index in [1.165, 1.54) is 11.8 Å². The fraction of sp³-hybridized carbons (Fsp3) is 0.409. The monoisotopic (exact) mass is 437 g/mol. The summed E-state index contributed by atoms with van der Waals surface area (Å²) in [5.41, 5.74) is 2.01. The number of ketones is 1. The Bertz CT molecular complexity index is 1040. The van der Waals surface area contributed by atoms with Gasteiger partial charge in [0.15, 0.2) is 11.0 Å². The molecule has 2 N–H and O–H groups in total. The molecule has 0 bridgehead atoms. The first-order valence-electron chi connectivity index (χ1n) is 10.6. The number of carbonyl (C=O) groups excluding carboxylic acids is 1. The third-order valence-electron chi connectivity index (χ3n) is 5.14. The van der Waals surface area contributed by atoms with E-state index in [1.807, 2.05) is 37.3 Å². The molecule has 2 heterocycles. The molecule has 9 heteroatoms. The van der Waals surface area contributed by atoms with E-state index in [0.717, 1.165) is 42.1 Å². The van der Waals surface area contributed by atoms with Gasteiger partial charge in [-0.05, 0) is 63.1 Å². The van der Waals surface area contributed by atoms with Crippen LogP contribution in [0.15, 0.2) is 40.4 Å². The van der Waals surface area contributed by atoms with Gasteiger partial charge < -0.3 is 10.2 Å². The molecule has 1 aromatic carbocycles. The van der Waals surface area contributed by atoms with E-state index in [9.17, 15) is 4.79 Å². The lowest BCUT2D eigenvalue weighted by atomic mass is 10.1. The van der Waals surface area contributed by atoms with Gasteiger partial charge in [0.2, 0.25) is 11.9 Å².